The average molecular weight is 498 g/mol. The van der Waals surface area contributed by atoms with Gasteiger partial charge in [0.1, 0.15) is 23.0 Å². The van der Waals surface area contributed by atoms with E-state index in [1.54, 1.807) is 0 Å². The van der Waals surface area contributed by atoms with Gasteiger partial charge in [0.2, 0.25) is 0 Å². The highest BCUT2D eigenvalue weighted by molar-refractivity contribution is 6.08. The first-order chi connectivity index (χ1) is 17.1. The molecule has 9 heteroatoms. The summed E-state index contributed by atoms with van der Waals surface area (Å²) in [5.41, 5.74) is -1.55. The van der Waals surface area contributed by atoms with Crippen LogP contribution < -0.4 is 5.63 Å². The number of fused-ring (bicyclic) bond motifs is 2. The highest BCUT2D eigenvalue weighted by Gasteiger charge is 2.36. The van der Waals surface area contributed by atoms with E-state index in [0.29, 0.717) is 23.3 Å². The fourth-order valence-electron chi connectivity index (χ4n) is 4.70. The molecule has 5 rings (SSSR count). The number of Topliss-reactive ketones (excluding diaryl/α,β-unsaturated/α-hetero) is 1. The van der Waals surface area contributed by atoms with Crippen molar-refractivity contribution >= 4 is 22.3 Å². The summed E-state index contributed by atoms with van der Waals surface area (Å²) in [7, 11) is 0. The summed E-state index contributed by atoms with van der Waals surface area (Å²) in [6.07, 6.45) is -0.237. The summed E-state index contributed by atoms with van der Waals surface area (Å²) in [6.45, 7) is 1.45. The second-order valence-electron chi connectivity index (χ2n) is 8.46. The Balaban J connectivity index is 1.90. The zero-order valence-electron chi connectivity index (χ0n) is 18.5. The van der Waals surface area contributed by atoms with Crippen LogP contribution in [0.3, 0.4) is 0 Å². The molecule has 0 amide bonds. The van der Waals surface area contributed by atoms with Crippen molar-refractivity contribution in [1.82, 2.24) is 0 Å². The van der Waals surface area contributed by atoms with Gasteiger partial charge in [0.05, 0.1) is 10.9 Å². The molecule has 1 heterocycles. The smallest absolute Gasteiger partial charge is 0.344 e. The maximum Gasteiger partial charge on any atom is 0.344 e. The molecule has 3 aromatic carbocycles. The van der Waals surface area contributed by atoms with E-state index < -0.39 is 57.7 Å². The van der Waals surface area contributed by atoms with E-state index in [2.05, 4.69) is 0 Å². The number of allylic oxidation sites excluding steroid dienone is 2. The van der Waals surface area contributed by atoms with Crippen LogP contribution in [0.1, 0.15) is 35.1 Å². The fraction of sp³-hybridized carbons (Fsp3) is 0.111. The van der Waals surface area contributed by atoms with Crippen LogP contribution in [0.5, 0.6) is 5.75 Å². The third kappa shape index (κ3) is 3.67. The second kappa shape index (κ2) is 8.44. The lowest BCUT2D eigenvalue weighted by Gasteiger charge is -2.27. The lowest BCUT2D eigenvalue weighted by molar-refractivity contribution is -0.115. The Kier molecular flexibility index (Phi) is 5.50. The summed E-state index contributed by atoms with van der Waals surface area (Å²) in [4.78, 5) is 26.4. The number of hydrogen-bond donors (Lipinski definition) is 1. The van der Waals surface area contributed by atoms with Crippen LogP contribution in [-0.4, -0.2) is 10.9 Å². The molecule has 1 N–H and O–H groups in total. The normalized spacial score (nSPS) is 14.3. The van der Waals surface area contributed by atoms with Gasteiger partial charge in [-0.05, 0) is 71.7 Å². The quantitative estimate of drug-likeness (QED) is 0.216. The number of benzene rings is 3. The summed E-state index contributed by atoms with van der Waals surface area (Å²) in [5.74, 6) is -9.38. The molecular formula is C27H15F5O4. The lowest BCUT2D eigenvalue weighted by Crippen LogP contribution is -2.25. The van der Waals surface area contributed by atoms with E-state index in [4.69, 9.17) is 4.42 Å². The van der Waals surface area contributed by atoms with Crippen molar-refractivity contribution < 1.29 is 36.3 Å². The van der Waals surface area contributed by atoms with Crippen LogP contribution in [0.15, 0.2) is 63.3 Å². The Bertz CT molecular complexity index is 1660. The SMILES string of the molecule is CC1=C(C(c2cc(F)c(F)c(F)c2)c2c(O)c3cc(F)ccc3oc2=O)C(=O)Cc2ccc(F)cc21. The summed E-state index contributed by atoms with van der Waals surface area (Å²) in [5, 5.41) is 10.8. The van der Waals surface area contributed by atoms with Crippen molar-refractivity contribution in [3.05, 3.63) is 116 Å². The van der Waals surface area contributed by atoms with Crippen LogP contribution in [0.2, 0.25) is 0 Å². The van der Waals surface area contributed by atoms with Gasteiger partial charge in [0.25, 0.3) is 0 Å². The van der Waals surface area contributed by atoms with E-state index in [1.165, 1.54) is 19.1 Å². The minimum Gasteiger partial charge on any atom is -0.507 e. The minimum atomic E-state index is -1.78. The zero-order chi connectivity index (χ0) is 25.9. The first-order valence-electron chi connectivity index (χ1n) is 10.7. The fourth-order valence-corrected chi connectivity index (χ4v) is 4.70. The highest BCUT2D eigenvalue weighted by atomic mass is 19.2. The highest BCUT2D eigenvalue weighted by Crippen LogP contribution is 2.44. The molecule has 0 saturated heterocycles. The molecule has 0 fully saturated rings. The lowest BCUT2D eigenvalue weighted by atomic mass is 9.74. The van der Waals surface area contributed by atoms with Gasteiger partial charge in [-0.2, -0.15) is 0 Å². The van der Waals surface area contributed by atoms with Crippen LogP contribution >= 0.6 is 0 Å². The number of ketones is 1. The first kappa shape index (κ1) is 23.5. The first-order valence-corrected chi connectivity index (χ1v) is 10.7. The molecule has 0 spiro atoms. The minimum absolute atomic E-state index is 0.175. The van der Waals surface area contributed by atoms with Crippen molar-refractivity contribution in [3.8, 4) is 5.75 Å². The van der Waals surface area contributed by atoms with Crippen LogP contribution in [0.25, 0.3) is 16.5 Å². The van der Waals surface area contributed by atoms with Crippen molar-refractivity contribution in [2.75, 3.05) is 0 Å². The maximum atomic E-state index is 14.3. The van der Waals surface area contributed by atoms with Crippen molar-refractivity contribution in [1.29, 1.82) is 0 Å². The maximum absolute atomic E-state index is 14.3. The zero-order valence-corrected chi connectivity index (χ0v) is 18.5. The largest absolute Gasteiger partial charge is 0.507 e. The Morgan fingerprint density at radius 3 is 2.22 bits per heavy atom. The molecule has 4 nitrogen and oxygen atoms in total. The predicted molar refractivity (Wildman–Crippen MR) is 120 cm³/mol. The van der Waals surface area contributed by atoms with Gasteiger partial charge in [-0.1, -0.05) is 6.07 Å². The van der Waals surface area contributed by atoms with Crippen molar-refractivity contribution in [3.63, 3.8) is 0 Å². The third-order valence-electron chi connectivity index (χ3n) is 6.32. The molecule has 36 heavy (non-hydrogen) atoms. The Morgan fingerprint density at radius 2 is 1.53 bits per heavy atom. The second-order valence-corrected chi connectivity index (χ2v) is 8.46. The number of carbonyl (C=O) groups excluding carboxylic acids is 1. The molecule has 1 unspecified atom stereocenters. The molecule has 0 radical (unpaired) electrons. The standard InChI is InChI=1S/C27H15F5O4/c1-11-16-9-14(28)3-2-12(16)8-20(33)22(11)23(13-6-18(30)25(32)19(31)7-13)24-26(34)17-10-15(29)4-5-21(17)36-27(24)35/h2-7,9-10,23,34H,8H2,1H3. The predicted octanol–water partition coefficient (Wildman–Crippen LogP) is 5.92. The van der Waals surface area contributed by atoms with E-state index in [0.717, 1.165) is 24.3 Å². The van der Waals surface area contributed by atoms with E-state index in [-0.39, 0.29) is 34.1 Å². The Morgan fingerprint density at radius 1 is 0.889 bits per heavy atom. The van der Waals surface area contributed by atoms with Gasteiger partial charge in [0, 0.05) is 17.9 Å². The van der Waals surface area contributed by atoms with E-state index in [1.807, 2.05) is 0 Å². The monoisotopic (exact) mass is 498 g/mol. The molecule has 1 aromatic heterocycles. The molecule has 4 aromatic rings. The molecule has 1 aliphatic rings. The molecular weight excluding hydrogens is 483 g/mol. The van der Waals surface area contributed by atoms with Gasteiger partial charge in [-0.15, -0.1) is 0 Å². The van der Waals surface area contributed by atoms with Crippen LogP contribution in [-0.2, 0) is 11.2 Å². The van der Waals surface area contributed by atoms with Gasteiger partial charge < -0.3 is 9.52 Å². The van der Waals surface area contributed by atoms with Gasteiger partial charge in [0.15, 0.2) is 23.2 Å². The third-order valence-corrected chi connectivity index (χ3v) is 6.32. The average Bonchev–Trinajstić information content (AvgIpc) is 2.82. The van der Waals surface area contributed by atoms with Gasteiger partial charge in [-0.25, -0.2) is 26.7 Å². The molecule has 0 saturated carbocycles. The van der Waals surface area contributed by atoms with Crippen LogP contribution in [0.4, 0.5) is 22.0 Å². The van der Waals surface area contributed by atoms with E-state index >= 15 is 0 Å². The number of halogens is 5. The Labute approximate surface area is 199 Å². The van der Waals surface area contributed by atoms with Gasteiger partial charge >= 0.3 is 5.63 Å². The number of carbonyl (C=O) groups is 1. The number of aromatic hydroxyl groups is 1. The molecule has 182 valence electrons. The molecule has 0 bridgehead atoms. The Hall–Kier alpha value is -4.27. The van der Waals surface area contributed by atoms with Crippen molar-refractivity contribution in [2.45, 2.75) is 19.3 Å². The summed E-state index contributed by atoms with van der Waals surface area (Å²) < 4.78 is 75.6. The number of rotatable bonds is 3. The molecule has 0 aliphatic heterocycles. The van der Waals surface area contributed by atoms with E-state index in [9.17, 15) is 36.6 Å². The molecule has 1 aliphatic carbocycles. The van der Waals surface area contributed by atoms with Crippen LogP contribution in [0, 0.1) is 29.1 Å². The summed E-state index contributed by atoms with van der Waals surface area (Å²) >= 11 is 0. The topological polar surface area (TPSA) is 67.5 Å². The summed E-state index contributed by atoms with van der Waals surface area (Å²) in [6, 6.07) is 7.92. The van der Waals surface area contributed by atoms with Crippen molar-refractivity contribution in [2.24, 2.45) is 0 Å². The van der Waals surface area contributed by atoms with Gasteiger partial charge in [-0.3, -0.25) is 4.79 Å². The molecule has 1 atom stereocenters. The number of hydrogen-bond acceptors (Lipinski definition) is 4.